The largest absolute Gasteiger partial charge is 0.496 e. The number of allylic oxidation sites excluding steroid dienone is 1. The SMILES string of the molecule is CCN(CC)C(=O)C1=C(C)N=c2s/c(=C\c3ccc(Sc4nc(-c5ccccc5)cc(C(F)(F)F)n4)o3)c(=O)n2[C@@H]1c1c(OC)ccc2ccccc12. The number of rotatable bonds is 9. The van der Waals surface area contributed by atoms with Gasteiger partial charge in [-0.3, -0.25) is 14.2 Å². The van der Waals surface area contributed by atoms with Crippen molar-refractivity contribution in [2.75, 3.05) is 20.2 Å². The molecule has 0 fully saturated rings. The van der Waals surface area contributed by atoms with Gasteiger partial charge in [-0.2, -0.15) is 13.2 Å². The number of likely N-dealkylation sites (N-methyl/N-ethyl adjacent to an activating group) is 1. The molecule has 3 aromatic carbocycles. The Morgan fingerprint density at radius 1 is 1.02 bits per heavy atom. The average molecular weight is 756 g/mol. The summed E-state index contributed by atoms with van der Waals surface area (Å²) >= 11 is 1.97. The third-order valence-corrected chi connectivity index (χ3v) is 10.6. The Labute approximate surface area is 309 Å². The number of carbonyl (C=O) groups is 1. The number of furan rings is 1. The van der Waals surface area contributed by atoms with Gasteiger partial charge in [0.15, 0.2) is 15.1 Å². The molecule has 1 atom stereocenters. The Morgan fingerprint density at radius 2 is 1.75 bits per heavy atom. The zero-order chi connectivity index (χ0) is 37.4. The number of carbonyl (C=O) groups excluding carboxylic acids is 1. The van der Waals surface area contributed by atoms with Crippen LogP contribution in [0.4, 0.5) is 13.2 Å². The average Bonchev–Trinajstić information content (AvgIpc) is 3.72. The molecule has 53 heavy (non-hydrogen) atoms. The first-order chi connectivity index (χ1) is 25.5. The van der Waals surface area contributed by atoms with Crippen molar-refractivity contribution in [3.63, 3.8) is 0 Å². The smallest absolute Gasteiger partial charge is 0.433 e. The Bertz CT molecular complexity index is 2570. The van der Waals surface area contributed by atoms with Crippen LogP contribution in [0.15, 0.2) is 121 Å². The molecule has 0 spiro atoms. The molecule has 0 saturated carbocycles. The minimum atomic E-state index is -4.69. The van der Waals surface area contributed by atoms with Gasteiger partial charge in [0, 0.05) is 30.3 Å². The minimum Gasteiger partial charge on any atom is -0.496 e. The highest BCUT2D eigenvalue weighted by Gasteiger charge is 2.37. The van der Waals surface area contributed by atoms with Gasteiger partial charge in [0.1, 0.15) is 23.2 Å². The number of benzene rings is 3. The summed E-state index contributed by atoms with van der Waals surface area (Å²) in [5.41, 5.74) is 0.677. The van der Waals surface area contributed by atoms with Crippen LogP contribution in [0.5, 0.6) is 5.75 Å². The highest BCUT2D eigenvalue weighted by atomic mass is 32.2. The van der Waals surface area contributed by atoms with Gasteiger partial charge < -0.3 is 14.1 Å². The van der Waals surface area contributed by atoms with Crippen molar-refractivity contribution in [1.82, 2.24) is 19.4 Å². The van der Waals surface area contributed by atoms with Crippen LogP contribution < -0.4 is 19.6 Å². The summed E-state index contributed by atoms with van der Waals surface area (Å²) in [5, 5.41) is 1.81. The molecular formula is C39H32F3N5O4S2. The Morgan fingerprint density at radius 3 is 2.47 bits per heavy atom. The summed E-state index contributed by atoms with van der Waals surface area (Å²) in [6.07, 6.45) is -3.13. The van der Waals surface area contributed by atoms with E-state index in [1.165, 1.54) is 4.57 Å². The number of hydrogen-bond donors (Lipinski definition) is 0. The number of thiazole rings is 1. The maximum absolute atomic E-state index is 14.4. The lowest BCUT2D eigenvalue weighted by molar-refractivity contribution is -0.141. The molecule has 1 aliphatic heterocycles. The Hall–Kier alpha value is -5.47. The lowest BCUT2D eigenvalue weighted by Gasteiger charge is -2.30. The second kappa shape index (κ2) is 14.5. The number of hydrogen-bond acceptors (Lipinski definition) is 9. The molecule has 0 radical (unpaired) electrons. The molecule has 6 aromatic rings. The molecule has 0 unspecified atom stereocenters. The van der Waals surface area contributed by atoms with Crippen LogP contribution in [-0.4, -0.2) is 45.5 Å². The molecule has 270 valence electrons. The second-order valence-corrected chi connectivity index (χ2v) is 14.0. The van der Waals surface area contributed by atoms with E-state index in [1.54, 1.807) is 67.5 Å². The minimum absolute atomic E-state index is 0.120. The van der Waals surface area contributed by atoms with Gasteiger partial charge in [-0.05, 0) is 67.6 Å². The molecule has 4 heterocycles. The number of amides is 1. The third-order valence-electron chi connectivity index (χ3n) is 8.86. The van der Waals surface area contributed by atoms with E-state index in [0.29, 0.717) is 46.0 Å². The first-order valence-electron chi connectivity index (χ1n) is 16.7. The first kappa shape index (κ1) is 35.9. The molecule has 7 rings (SSSR count). The van der Waals surface area contributed by atoms with E-state index in [1.807, 2.05) is 50.2 Å². The Kier molecular flexibility index (Phi) is 9.83. The van der Waals surface area contributed by atoms with Crippen LogP contribution >= 0.6 is 23.1 Å². The van der Waals surface area contributed by atoms with Crippen molar-refractivity contribution in [2.45, 2.75) is 43.2 Å². The van der Waals surface area contributed by atoms with Gasteiger partial charge in [-0.25, -0.2) is 15.0 Å². The number of methoxy groups -OCH3 is 1. The van der Waals surface area contributed by atoms with Crippen molar-refractivity contribution in [1.29, 1.82) is 0 Å². The summed E-state index contributed by atoms with van der Waals surface area (Å²) in [5.74, 6) is 0.565. The van der Waals surface area contributed by atoms with E-state index >= 15 is 0 Å². The molecule has 3 aromatic heterocycles. The zero-order valence-corrected chi connectivity index (χ0v) is 30.6. The zero-order valence-electron chi connectivity index (χ0n) is 29.0. The van der Waals surface area contributed by atoms with Crippen LogP contribution in [0.25, 0.3) is 28.1 Å². The molecule has 0 saturated heterocycles. The van der Waals surface area contributed by atoms with Crippen LogP contribution in [0.1, 0.15) is 43.8 Å². The molecule has 9 nitrogen and oxygen atoms in total. The molecule has 1 amide bonds. The number of nitrogens with zero attached hydrogens (tertiary/aromatic N) is 5. The van der Waals surface area contributed by atoms with Gasteiger partial charge in [0.25, 0.3) is 11.5 Å². The number of ether oxygens (including phenoxy) is 1. The maximum atomic E-state index is 14.4. The van der Waals surface area contributed by atoms with Gasteiger partial charge >= 0.3 is 6.18 Å². The summed E-state index contributed by atoms with van der Waals surface area (Å²) in [7, 11) is 1.55. The van der Waals surface area contributed by atoms with Crippen LogP contribution in [0.3, 0.4) is 0 Å². The van der Waals surface area contributed by atoms with Crippen molar-refractivity contribution < 1.29 is 27.1 Å². The lowest BCUT2D eigenvalue weighted by Crippen LogP contribution is -2.43. The summed E-state index contributed by atoms with van der Waals surface area (Å²) in [6, 6.07) is 23.3. The fraction of sp³-hybridized carbons (Fsp3) is 0.205. The molecule has 0 bridgehead atoms. The van der Waals surface area contributed by atoms with E-state index in [4.69, 9.17) is 14.1 Å². The highest BCUT2D eigenvalue weighted by molar-refractivity contribution is 7.99. The normalized spacial score (nSPS) is 14.7. The number of aromatic nitrogens is 3. The molecule has 0 aliphatic carbocycles. The Balaban J connectivity index is 1.32. The van der Waals surface area contributed by atoms with Crippen molar-refractivity contribution in [2.24, 2.45) is 4.99 Å². The fourth-order valence-electron chi connectivity index (χ4n) is 6.34. The standard InChI is InChI=1S/C39H32F3N5O4S2/c1-5-46(6-2)36(49)32-22(3)43-38-47(34(32)33-26-15-11-10-12-23(26)16-18-28(33)50-4)35(48)29(52-38)20-25-17-19-31(51-25)53-37-44-27(24-13-8-7-9-14-24)21-30(45-37)39(40,41)42/h7-21,34H,5-6H2,1-4H3/b29-20-/t34-/m0/s1. The summed E-state index contributed by atoms with van der Waals surface area (Å²) < 4.78 is 55.1. The maximum Gasteiger partial charge on any atom is 0.433 e. The summed E-state index contributed by atoms with van der Waals surface area (Å²) in [6.45, 7) is 6.50. The topological polar surface area (TPSA) is 103 Å². The molecular weight excluding hydrogens is 724 g/mol. The third kappa shape index (κ3) is 6.91. The van der Waals surface area contributed by atoms with E-state index in [2.05, 4.69) is 9.97 Å². The first-order valence-corrected chi connectivity index (χ1v) is 18.3. The van der Waals surface area contributed by atoms with Gasteiger partial charge in [0.05, 0.1) is 28.6 Å². The molecule has 0 N–H and O–H groups in total. The number of fused-ring (bicyclic) bond motifs is 2. The predicted octanol–water partition coefficient (Wildman–Crippen LogP) is 7.49. The highest BCUT2D eigenvalue weighted by Crippen LogP contribution is 2.41. The van der Waals surface area contributed by atoms with Crippen LogP contribution in [-0.2, 0) is 11.0 Å². The van der Waals surface area contributed by atoms with E-state index in [9.17, 15) is 22.8 Å². The van der Waals surface area contributed by atoms with E-state index in [0.717, 1.165) is 39.9 Å². The van der Waals surface area contributed by atoms with E-state index in [-0.39, 0.29) is 32.1 Å². The van der Waals surface area contributed by atoms with Gasteiger partial charge in [-0.15, -0.1) is 0 Å². The monoisotopic (exact) mass is 755 g/mol. The van der Waals surface area contributed by atoms with E-state index < -0.39 is 23.5 Å². The molecule has 1 aliphatic rings. The van der Waals surface area contributed by atoms with Crippen molar-refractivity contribution >= 4 is 45.9 Å². The number of alkyl halides is 3. The van der Waals surface area contributed by atoms with Gasteiger partial charge in [0.2, 0.25) is 0 Å². The number of halogens is 3. The lowest BCUT2D eigenvalue weighted by atomic mass is 9.90. The second-order valence-electron chi connectivity index (χ2n) is 12.0. The fourth-order valence-corrected chi connectivity index (χ4v) is 8.11. The summed E-state index contributed by atoms with van der Waals surface area (Å²) in [4.78, 5) is 43.6. The predicted molar refractivity (Wildman–Crippen MR) is 197 cm³/mol. The van der Waals surface area contributed by atoms with Crippen LogP contribution in [0.2, 0.25) is 0 Å². The molecule has 14 heteroatoms. The van der Waals surface area contributed by atoms with Crippen molar-refractivity contribution in [3.8, 4) is 17.0 Å². The quantitative estimate of drug-likeness (QED) is 0.141. The van der Waals surface area contributed by atoms with Crippen molar-refractivity contribution in [3.05, 3.63) is 133 Å². The van der Waals surface area contributed by atoms with Gasteiger partial charge in [-0.1, -0.05) is 72.0 Å². The van der Waals surface area contributed by atoms with Crippen LogP contribution in [0, 0.1) is 0 Å².